The van der Waals surface area contributed by atoms with Crippen LogP contribution >= 0.6 is 11.6 Å². The lowest BCUT2D eigenvalue weighted by atomic mass is 10.3. The van der Waals surface area contributed by atoms with Gasteiger partial charge in [-0.3, -0.25) is 0 Å². The number of pyridine rings is 1. The van der Waals surface area contributed by atoms with Crippen LogP contribution in [0.5, 0.6) is 0 Å². The Kier molecular flexibility index (Phi) is 2.57. The van der Waals surface area contributed by atoms with Crippen molar-refractivity contribution in [1.82, 2.24) is 9.38 Å². The van der Waals surface area contributed by atoms with Gasteiger partial charge in [0.25, 0.3) is 0 Å². The third kappa shape index (κ3) is 1.64. The summed E-state index contributed by atoms with van der Waals surface area (Å²) in [6, 6.07) is 2.87. The summed E-state index contributed by atoms with van der Waals surface area (Å²) in [7, 11) is 0. The third-order valence-corrected chi connectivity index (χ3v) is 2.48. The van der Waals surface area contributed by atoms with E-state index in [1.807, 2.05) is 0 Å². The number of hydrogen-bond donors (Lipinski definition) is 2. The molecule has 3 N–H and O–H groups in total. The minimum Gasteiger partial charge on any atom is -0.476 e. The number of carbonyl (C=O) groups is 1. The highest BCUT2D eigenvalue weighted by Crippen LogP contribution is 2.20. The van der Waals surface area contributed by atoms with E-state index >= 15 is 0 Å². The van der Waals surface area contributed by atoms with Crippen LogP contribution in [0.1, 0.15) is 29.3 Å². The second-order valence-electron chi connectivity index (χ2n) is 3.51. The van der Waals surface area contributed by atoms with Crippen molar-refractivity contribution in [3.05, 3.63) is 34.9 Å². The van der Waals surface area contributed by atoms with E-state index < -0.39 is 5.97 Å². The maximum atomic E-state index is 11.0. The Hall–Kier alpha value is -1.59. The molecule has 1 atom stereocenters. The molecule has 5 nitrogen and oxygen atoms in total. The van der Waals surface area contributed by atoms with Crippen molar-refractivity contribution in [3.8, 4) is 0 Å². The van der Waals surface area contributed by atoms with E-state index in [-0.39, 0.29) is 11.7 Å². The summed E-state index contributed by atoms with van der Waals surface area (Å²) in [6.07, 6.45) is 1.66. The highest BCUT2D eigenvalue weighted by Gasteiger charge is 2.18. The number of halogens is 1. The summed E-state index contributed by atoms with van der Waals surface area (Å²) in [5.41, 5.74) is 6.14. The van der Waals surface area contributed by atoms with Gasteiger partial charge in [0.15, 0.2) is 5.69 Å². The Morgan fingerprint density at radius 2 is 2.38 bits per heavy atom. The number of nitrogens with two attached hydrogens (primary N) is 1. The van der Waals surface area contributed by atoms with E-state index in [2.05, 4.69) is 4.98 Å². The highest BCUT2D eigenvalue weighted by atomic mass is 35.5. The molecule has 0 radical (unpaired) electrons. The Morgan fingerprint density at radius 3 is 2.94 bits per heavy atom. The molecule has 16 heavy (non-hydrogen) atoms. The topological polar surface area (TPSA) is 80.6 Å². The van der Waals surface area contributed by atoms with Crippen LogP contribution in [0.3, 0.4) is 0 Å². The summed E-state index contributed by atoms with van der Waals surface area (Å²) in [4.78, 5) is 15.0. The van der Waals surface area contributed by atoms with E-state index in [4.69, 9.17) is 22.4 Å². The third-order valence-electron chi connectivity index (χ3n) is 2.24. The molecule has 0 aromatic carbocycles. The first-order chi connectivity index (χ1) is 7.50. The molecule has 0 aliphatic carbocycles. The summed E-state index contributed by atoms with van der Waals surface area (Å²) >= 11 is 5.82. The maximum absolute atomic E-state index is 11.0. The van der Waals surface area contributed by atoms with Crippen molar-refractivity contribution in [2.75, 3.05) is 0 Å². The zero-order valence-corrected chi connectivity index (χ0v) is 9.27. The second-order valence-corrected chi connectivity index (χ2v) is 3.95. The van der Waals surface area contributed by atoms with Gasteiger partial charge in [-0.2, -0.15) is 0 Å². The molecule has 1 unspecified atom stereocenters. The number of nitrogens with zero attached hydrogens (tertiary/aromatic N) is 2. The Morgan fingerprint density at radius 1 is 1.69 bits per heavy atom. The zero-order chi connectivity index (χ0) is 11.9. The van der Waals surface area contributed by atoms with E-state index in [1.54, 1.807) is 29.7 Å². The first-order valence-electron chi connectivity index (χ1n) is 4.67. The normalized spacial score (nSPS) is 12.9. The lowest BCUT2D eigenvalue weighted by molar-refractivity contribution is 0.0693. The SMILES string of the molecule is CC(N)c1nc(C(=O)O)c2cc(Cl)ccn12. The van der Waals surface area contributed by atoms with Crippen molar-refractivity contribution in [3.63, 3.8) is 0 Å². The molecule has 0 saturated carbocycles. The molecule has 2 aromatic rings. The Labute approximate surface area is 96.5 Å². The van der Waals surface area contributed by atoms with Crippen molar-refractivity contribution >= 4 is 23.1 Å². The fourth-order valence-electron chi connectivity index (χ4n) is 1.56. The van der Waals surface area contributed by atoms with Crippen LogP contribution in [0.25, 0.3) is 5.52 Å². The van der Waals surface area contributed by atoms with Crippen LogP contribution in [0.15, 0.2) is 18.3 Å². The van der Waals surface area contributed by atoms with Crippen LogP contribution in [-0.2, 0) is 0 Å². The minimum atomic E-state index is -1.09. The number of fused-ring (bicyclic) bond motifs is 1. The summed E-state index contributed by atoms with van der Waals surface area (Å²) < 4.78 is 1.64. The van der Waals surface area contributed by atoms with Gasteiger partial charge in [-0.15, -0.1) is 0 Å². The van der Waals surface area contributed by atoms with Gasteiger partial charge in [-0.1, -0.05) is 11.6 Å². The van der Waals surface area contributed by atoms with Crippen molar-refractivity contribution in [2.24, 2.45) is 5.73 Å². The van der Waals surface area contributed by atoms with Gasteiger partial charge in [-0.05, 0) is 19.1 Å². The van der Waals surface area contributed by atoms with Gasteiger partial charge in [0.05, 0.1) is 11.6 Å². The van der Waals surface area contributed by atoms with Crippen LogP contribution in [0, 0.1) is 0 Å². The zero-order valence-electron chi connectivity index (χ0n) is 8.51. The number of carboxylic acid groups (broad SMARTS) is 1. The van der Waals surface area contributed by atoms with E-state index in [1.165, 1.54) is 0 Å². The molecule has 0 fully saturated rings. The fourth-order valence-corrected chi connectivity index (χ4v) is 1.72. The maximum Gasteiger partial charge on any atom is 0.356 e. The standard InChI is InChI=1S/C10H10ClN3O2/c1-5(12)9-13-8(10(15)16)7-4-6(11)2-3-14(7)9/h2-5H,12H2,1H3,(H,15,16). The molecule has 0 amide bonds. The summed E-state index contributed by atoms with van der Waals surface area (Å²) in [5.74, 6) is -0.587. The molecule has 0 saturated heterocycles. The van der Waals surface area contributed by atoms with E-state index in [0.717, 1.165) is 0 Å². The number of carboxylic acids is 1. The number of rotatable bonds is 2. The predicted molar refractivity (Wildman–Crippen MR) is 59.8 cm³/mol. The van der Waals surface area contributed by atoms with Crippen LogP contribution in [0.4, 0.5) is 0 Å². The average Bonchev–Trinajstić information content (AvgIpc) is 2.56. The Bertz CT molecular complexity index is 562. The van der Waals surface area contributed by atoms with Crippen molar-refractivity contribution < 1.29 is 9.90 Å². The molecule has 0 bridgehead atoms. The number of hydrogen-bond acceptors (Lipinski definition) is 3. The molecule has 2 heterocycles. The molecule has 0 aliphatic rings. The lowest BCUT2D eigenvalue weighted by Gasteiger charge is -2.03. The van der Waals surface area contributed by atoms with Crippen LogP contribution in [0.2, 0.25) is 5.02 Å². The lowest BCUT2D eigenvalue weighted by Crippen LogP contribution is -2.09. The molecule has 0 spiro atoms. The Balaban J connectivity index is 2.81. The van der Waals surface area contributed by atoms with Crippen molar-refractivity contribution in [1.29, 1.82) is 0 Å². The van der Waals surface area contributed by atoms with E-state index in [9.17, 15) is 4.79 Å². The molecule has 2 rings (SSSR count). The highest BCUT2D eigenvalue weighted by molar-refractivity contribution is 6.31. The van der Waals surface area contributed by atoms with Crippen LogP contribution < -0.4 is 5.73 Å². The monoisotopic (exact) mass is 239 g/mol. The summed E-state index contributed by atoms with van der Waals surface area (Å²) in [5, 5.41) is 9.47. The van der Waals surface area contributed by atoms with Crippen LogP contribution in [-0.4, -0.2) is 20.5 Å². The van der Waals surface area contributed by atoms with Gasteiger partial charge < -0.3 is 15.2 Å². The predicted octanol–water partition coefficient (Wildman–Crippen LogP) is 1.71. The largest absolute Gasteiger partial charge is 0.476 e. The molecule has 84 valence electrons. The van der Waals surface area contributed by atoms with Crippen molar-refractivity contribution in [2.45, 2.75) is 13.0 Å². The number of imidazole rings is 1. The quantitative estimate of drug-likeness (QED) is 0.836. The second kappa shape index (κ2) is 3.77. The van der Waals surface area contributed by atoms with Gasteiger partial charge in [0.1, 0.15) is 5.82 Å². The first kappa shape index (κ1) is 10.9. The van der Waals surface area contributed by atoms with Gasteiger partial charge >= 0.3 is 5.97 Å². The number of aromatic carboxylic acids is 1. The molecule has 0 aliphatic heterocycles. The average molecular weight is 240 g/mol. The fraction of sp³-hybridized carbons (Fsp3) is 0.200. The van der Waals surface area contributed by atoms with Gasteiger partial charge in [-0.25, -0.2) is 9.78 Å². The van der Waals surface area contributed by atoms with Gasteiger partial charge in [0, 0.05) is 11.2 Å². The first-order valence-corrected chi connectivity index (χ1v) is 5.05. The summed E-state index contributed by atoms with van der Waals surface area (Å²) in [6.45, 7) is 1.75. The molecule has 2 aromatic heterocycles. The number of aromatic nitrogens is 2. The molecular formula is C10H10ClN3O2. The van der Waals surface area contributed by atoms with E-state index in [0.29, 0.717) is 16.4 Å². The molecule has 6 heteroatoms. The van der Waals surface area contributed by atoms with Gasteiger partial charge in [0.2, 0.25) is 0 Å². The minimum absolute atomic E-state index is 0.0326. The molecular weight excluding hydrogens is 230 g/mol. The smallest absolute Gasteiger partial charge is 0.356 e.